The number of methoxy groups -OCH3 is 1. The molecule has 0 unspecified atom stereocenters. The molecule has 0 rings (SSSR count). The normalized spacial score (nSPS) is 10.3. The predicted molar refractivity (Wildman–Crippen MR) is 299 cm³/mol. The third-order valence-electron chi connectivity index (χ3n) is 10.5. The summed E-state index contributed by atoms with van der Waals surface area (Å²) in [5, 5.41) is 26.9. The number of halogens is 3. The van der Waals surface area contributed by atoms with Crippen LogP contribution in [-0.4, -0.2) is 127 Å². The van der Waals surface area contributed by atoms with Crippen LogP contribution in [0.2, 0.25) is 0 Å². The Morgan fingerprint density at radius 2 is 0.803 bits per heavy atom. The highest BCUT2D eigenvalue weighted by molar-refractivity contribution is 6.66. The lowest BCUT2D eigenvalue weighted by molar-refractivity contribution is -0.156. The molecule has 0 aliphatic heterocycles. The molecule has 0 aliphatic carbocycles. The Kier molecular flexibility index (Phi) is 73.7. The zero-order chi connectivity index (χ0) is 56.3. The Morgan fingerprint density at radius 3 is 1.01 bits per heavy atom. The van der Waals surface area contributed by atoms with Crippen molar-refractivity contribution in [3.05, 3.63) is 50.6 Å². The molecule has 0 aliphatic rings. The van der Waals surface area contributed by atoms with Crippen LogP contribution in [-0.2, 0) is 42.9 Å². The fourth-order valence-electron chi connectivity index (χ4n) is 5.46. The van der Waals surface area contributed by atoms with Crippen LogP contribution in [0.4, 0.5) is 0 Å². The zero-order valence-corrected chi connectivity index (χ0v) is 48.6. The number of hydrogen-bond donors (Lipinski definition) is 3. The Bertz CT molecular complexity index is 1170. The summed E-state index contributed by atoms with van der Waals surface area (Å²) in [5.74, 6) is -1.78. The van der Waals surface area contributed by atoms with Gasteiger partial charge in [0.25, 0.3) is 0 Å². The van der Waals surface area contributed by atoms with Gasteiger partial charge in [0.2, 0.25) is 5.24 Å². The van der Waals surface area contributed by atoms with Crippen molar-refractivity contribution in [1.82, 2.24) is 4.90 Å². The van der Waals surface area contributed by atoms with Crippen molar-refractivity contribution in [2.24, 2.45) is 10.8 Å². The molecule has 3 N–H and O–H groups in total. The van der Waals surface area contributed by atoms with E-state index >= 15 is 0 Å². The molecule has 0 heterocycles. The minimum Gasteiger partial charge on any atom is -1.00 e. The smallest absolute Gasteiger partial charge is 0.330 e. The van der Waals surface area contributed by atoms with Gasteiger partial charge in [-0.05, 0) is 77.3 Å². The standard InChI is InChI=1S/C20H30O6.C11H24O3.C9H18O.C6H15N.C5H12O.C3H3ClO.CH2Cl2.H/c1-5-9-10-11-12-13-20(14-24-17(21)6-2,15-25-18(22)7-3)16-26-19(23)8-4;1-2-3-4-5-6-7-11(8-12,9-13)10-14;1-2-3-4-5-6-7-8-9-10;1-4-7(5-2)6-3;1-5(2,3)6-4;1-2-3(4)5;2-1-3;/h6-8H,2-5,9-16H2,1H3;12-14H,2-10H2,1H3;9H,2-8H2,1H3;4-6H2,1-3H3;1-4H3;2H,1H2;1H2;/q;;;;;;;-1/i;;;;;;;1+2. The van der Waals surface area contributed by atoms with E-state index in [0.29, 0.717) is 12.8 Å². The number of hydrogen-bond acceptors (Lipinski definition) is 13. The van der Waals surface area contributed by atoms with Gasteiger partial charge >= 0.3 is 17.9 Å². The molecule has 0 fully saturated rings. The lowest BCUT2D eigenvalue weighted by Gasteiger charge is -2.32. The van der Waals surface area contributed by atoms with Gasteiger partial charge in [0.15, 0.2) is 0 Å². The largest absolute Gasteiger partial charge is 1.00 e. The van der Waals surface area contributed by atoms with Gasteiger partial charge in [0.1, 0.15) is 26.1 Å². The van der Waals surface area contributed by atoms with Gasteiger partial charge in [0, 0.05) is 37.2 Å². The number of esters is 3. The zero-order valence-electron chi connectivity index (χ0n) is 47.3. The number of aliphatic hydroxyl groups excluding tert-OH is 3. The van der Waals surface area contributed by atoms with Crippen LogP contribution in [0.5, 0.6) is 0 Å². The second-order valence-electron chi connectivity index (χ2n) is 17.5. The van der Waals surface area contributed by atoms with Crippen LogP contribution in [0.25, 0.3) is 0 Å². The number of carbonyl (C=O) groups excluding carboxylic acids is 5. The summed E-state index contributed by atoms with van der Waals surface area (Å²) >= 11 is 14.2. The van der Waals surface area contributed by atoms with Crippen LogP contribution in [0.1, 0.15) is 186 Å². The maximum atomic E-state index is 11.5. The summed E-state index contributed by atoms with van der Waals surface area (Å²) in [6.07, 6.45) is 25.8. The van der Waals surface area contributed by atoms with Gasteiger partial charge in [-0.1, -0.05) is 164 Å². The van der Waals surface area contributed by atoms with Crippen molar-refractivity contribution in [2.45, 2.75) is 190 Å². The number of carbonyl (C=O) groups is 5. The number of allylic oxidation sites excluding steroid dienone is 1. The first-order valence-corrected chi connectivity index (χ1v) is 27.0. The van der Waals surface area contributed by atoms with Crippen LogP contribution < -0.4 is 0 Å². The molecule has 0 amide bonds. The second kappa shape index (κ2) is 63.5. The quantitative estimate of drug-likeness (QED) is 0.0104. The minimum atomic E-state index is -0.831. The molecule has 0 saturated carbocycles. The number of aliphatic hydroxyl groups is 3. The molecule has 0 atom stereocenters. The van der Waals surface area contributed by atoms with Gasteiger partial charge in [-0.25, -0.2) is 14.4 Å². The van der Waals surface area contributed by atoms with E-state index in [1.165, 1.54) is 71.0 Å². The number of unbranched alkanes of at least 4 members (excludes halogenated alkanes) is 14. The molecular weight excluding hydrogens is 973 g/mol. The molecule has 0 spiro atoms. The number of alkyl halides is 2. The fourth-order valence-corrected chi connectivity index (χ4v) is 5.46. The van der Waals surface area contributed by atoms with E-state index in [1.54, 1.807) is 7.11 Å². The van der Waals surface area contributed by atoms with Gasteiger partial charge in [-0.15, -0.1) is 23.2 Å². The van der Waals surface area contributed by atoms with Crippen molar-refractivity contribution in [1.29, 1.82) is 0 Å². The van der Waals surface area contributed by atoms with Crippen molar-refractivity contribution >= 4 is 64.2 Å². The first-order chi connectivity index (χ1) is 33.7. The van der Waals surface area contributed by atoms with Crippen LogP contribution in [0, 0.1) is 10.8 Å². The molecule has 16 heteroatoms. The molecule has 0 radical (unpaired) electrons. The SMILES string of the molecule is C=CC(=O)Cl.C=CC(=O)OCC(CCCCCCC)(COC(=O)C=C)COC(=O)C=C.CCCCCCCC(CO)(CO)CO.CCCCCCCCC=O.CCN(CC)CC.COC(C)(C)C.ClCCl.[3H-]. The van der Waals surface area contributed by atoms with Crippen LogP contribution in [0.3, 0.4) is 0 Å². The molecule has 0 aromatic heterocycles. The lowest BCUT2D eigenvalue weighted by Crippen LogP contribution is -2.39. The number of aldehydes is 1. The van der Waals surface area contributed by atoms with E-state index < -0.39 is 34.0 Å². The summed E-state index contributed by atoms with van der Waals surface area (Å²) in [6, 6.07) is 0. The first kappa shape index (κ1) is 82.4. The Balaban J connectivity index is -0.000000125. The Labute approximate surface area is 450 Å². The Hall–Kier alpha value is -2.62. The van der Waals surface area contributed by atoms with Crippen molar-refractivity contribution in [3.63, 3.8) is 0 Å². The molecule has 424 valence electrons. The molecule has 0 saturated heterocycles. The first-order valence-electron chi connectivity index (χ1n) is 25.5. The third-order valence-corrected chi connectivity index (χ3v) is 10.6. The van der Waals surface area contributed by atoms with E-state index in [-0.39, 0.29) is 52.0 Å². The van der Waals surface area contributed by atoms with Crippen molar-refractivity contribution in [3.8, 4) is 0 Å². The fraction of sp³-hybridized carbons (Fsp3) is 0.764. The van der Waals surface area contributed by atoms with E-state index in [2.05, 4.69) is 72.8 Å². The van der Waals surface area contributed by atoms with Gasteiger partial charge < -0.3 is 45.4 Å². The maximum Gasteiger partial charge on any atom is 0.330 e. The molecular formula is C55H105Cl3NO12-. The highest BCUT2D eigenvalue weighted by atomic mass is 35.5. The molecule has 13 nitrogen and oxygen atoms in total. The monoisotopic (exact) mass is 1080 g/mol. The number of nitrogens with zero attached hydrogens (tertiary/aromatic N) is 1. The lowest BCUT2D eigenvalue weighted by atomic mass is 9.84. The summed E-state index contributed by atoms with van der Waals surface area (Å²) < 4.78 is 20.5. The number of ether oxygens (including phenoxy) is 4. The summed E-state index contributed by atoms with van der Waals surface area (Å²) in [7, 11) is 1.71. The summed E-state index contributed by atoms with van der Waals surface area (Å²) in [4.78, 5) is 56.2. The van der Waals surface area contributed by atoms with Gasteiger partial charge in [0.05, 0.1) is 36.2 Å². The average Bonchev–Trinajstić information content (AvgIpc) is 3.37. The molecule has 0 aromatic rings. The molecule has 0 bridgehead atoms. The van der Waals surface area contributed by atoms with E-state index in [1.807, 2.05) is 20.8 Å². The number of rotatable bonds is 35. The maximum absolute atomic E-state index is 11.5. The Morgan fingerprint density at radius 1 is 0.535 bits per heavy atom. The molecule has 0 aromatic carbocycles. The van der Waals surface area contributed by atoms with Crippen molar-refractivity contribution < 1.29 is 59.7 Å². The van der Waals surface area contributed by atoms with E-state index in [9.17, 15) is 24.0 Å². The van der Waals surface area contributed by atoms with Crippen LogP contribution >= 0.6 is 34.8 Å². The third kappa shape index (κ3) is 69.5. The predicted octanol–water partition coefficient (Wildman–Crippen LogP) is 13.0. The van der Waals surface area contributed by atoms with Gasteiger partial charge in [-0.2, -0.15) is 0 Å². The summed E-state index contributed by atoms with van der Waals surface area (Å²) in [6.45, 7) is 35.3. The average molecular weight is 1080 g/mol. The topological polar surface area (TPSA) is 186 Å². The van der Waals surface area contributed by atoms with Crippen LogP contribution in [0.15, 0.2) is 50.6 Å². The minimum absolute atomic E-state index is 0. The van der Waals surface area contributed by atoms with E-state index in [0.717, 1.165) is 88.4 Å². The highest BCUT2D eigenvalue weighted by Gasteiger charge is 2.35. The highest BCUT2D eigenvalue weighted by Crippen LogP contribution is 2.28. The second-order valence-corrected chi connectivity index (χ2v) is 18.7. The summed E-state index contributed by atoms with van der Waals surface area (Å²) in [5.41, 5.74) is -1.45. The van der Waals surface area contributed by atoms with E-state index in [4.69, 9.17) is 69.1 Å². The molecule has 71 heavy (non-hydrogen) atoms. The van der Waals surface area contributed by atoms with Crippen molar-refractivity contribution in [2.75, 3.05) is 71.7 Å². The van der Waals surface area contributed by atoms with Gasteiger partial charge in [-0.3, -0.25) is 4.79 Å².